The monoisotopic (exact) mass is 251 g/mol. The van der Waals surface area contributed by atoms with E-state index in [2.05, 4.69) is 15.4 Å². The summed E-state index contributed by atoms with van der Waals surface area (Å²) in [6.45, 7) is 3.67. The van der Waals surface area contributed by atoms with Gasteiger partial charge in [0, 0.05) is 44.9 Å². The molecule has 0 aromatic carbocycles. The predicted octanol–water partition coefficient (Wildman–Crippen LogP) is 1.15. The van der Waals surface area contributed by atoms with Crippen LogP contribution in [0.25, 0.3) is 0 Å². The molecule has 5 nitrogen and oxygen atoms in total. The molecule has 2 aliphatic rings. The topological polar surface area (TPSA) is 50.5 Å². The zero-order valence-corrected chi connectivity index (χ0v) is 10.9. The molecule has 0 spiro atoms. The Kier molecular flexibility index (Phi) is 3.63. The van der Waals surface area contributed by atoms with Gasteiger partial charge in [-0.3, -0.25) is 4.90 Å². The highest BCUT2D eigenvalue weighted by atomic mass is 16.5. The largest absolute Gasteiger partial charge is 0.377 e. The average molecular weight is 251 g/mol. The van der Waals surface area contributed by atoms with Crippen LogP contribution < -0.4 is 5.32 Å². The molecule has 18 heavy (non-hydrogen) atoms. The molecular weight excluding hydrogens is 230 g/mol. The summed E-state index contributed by atoms with van der Waals surface area (Å²) in [5.41, 5.74) is 1.01. The van der Waals surface area contributed by atoms with Crippen molar-refractivity contribution in [1.82, 2.24) is 15.4 Å². The fourth-order valence-corrected chi connectivity index (χ4v) is 3.03. The molecule has 2 fully saturated rings. The summed E-state index contributed by atoms with van der Waals surface area (Å²) >= 11 is 0. The number of aromatic nitrogens is 1. The molecule has 3 rings (SSSR count). The van der Waals surface area contributed by atoms with Gasteiger partial charge >= 0.3 is 0 Å². The maximum absolute atomic E-state index is 5.22. The van der Waals surface area contributed by atoms with E-state index in [0.29, 0.717) is 12.6 Å². The lowest BCUT2D eigenvalue weighted by Crippen LogP contribution is -2.35. The van der Waals surface area contributed by atoms with Gasteiger partial charge in [-0.25, -0.2) is 0 Å². The lowest BCUT2D eigenvalue weighted by molar-refractivity contribution is 0.155. The number of rotatable bonds is 4. The lowest BCUT2D eigenvalue weighted by atomic mass is 10.1. The second-order valence-electron chi connectivity index (χ2n) is 5.38. The van der Waals surface area contributed by atoms with Crippen LogP contribution in [-0.2, 0) is 17.9 Å². The van der Waals surface area contributed by atoms with Crippen molar-refractivity contribution in [1.29, 1.82) is 0 Å². The Morgan fingerprint density at radius 3 is 3.22 bits per heavy atom. The van der Waals surface area contributed by atoms with E-state index in [1.807, 2.05) is 6.07 Å². The molecule has 2 aliphatic heterocycles. The van der Waals surface area contributed by atoms with E-state index in [4.69, 9.17) is 9.26 Å². The van der Waals surface area contributed by atoms with E-state index >= 15 is 0 Å². The van der Waals surface area contributed by atoms with Crippen LogP contribution in [0.15, 0.2) is 10.6 Å². The van der Waals surface area contributed by atoms with Crippen molar-refractivity contribution in [2.45, 2.75) is 44.5 Å². The number of likely N-dealkylation sites (tertiary alicyclic amines) is 1. The molecule has 1 N–H and O–H groups in total. The molecule has 100 valence electrons. The number of ether oxygens (including phenoxy) is 1. The summed E-state index contributed by atoms with van der Waals surface area (Å²) in [5.74, 6) is 0.807. The highest BCUT2D eigenvalue weighted by Gasteiger charge is 2.29. The van der Waals surface area contributed by atoms with Crippen LogP contribution in [0, 0.1) is 0 Å². The first-order chi connectivity index (χ1) is 8.83. The number of nitrogens with zero attached hydrogens (tertiary/aromatic N) is 2. The van der Waals surface area contributed by atoms with Gasteiger partial charge in [-0.05, 0) is 19.3 Å². The highest BCUT2D eigenvalue weighted by molar-refractivity contribution is 5.05. The smallest absolute Gasteiger partial charge is 0.162 e. The fourth-order valence-electron chi connectivity index (χ4n) is 3.03. The van der Waals surface area contributed by atoms with Crippen LogP contribution in [0.1, 0.15) is 30.7 Å². The molecule has 0 amide bonds. The molecule has 1 aromatic heterocycles. The number of nitrogens with one attached hydrogen (secondary N) is 1. The lowest BCUT2D eigenvalue weighted by Gasteiger charge is -2.22. The van der Waals surface area contributed by atoms with Crippen LogP contribution >= 0.6 is 0 Å². The minimum atomic E-state index is 0.499. The number of methoxy groups -OCH3 is 1. The Bertz CT molecular complexity index is 393. The van der Waals surface area contributed by atoms with Gasteiger partial charge in [-0.1, -0.05) is 5.16 Å². The SMILES string of the molecule is COCc1cc(CN2CCC3CCC(C2)N3)no1. The molecule has 0 saturated carbocycles. The van der Waals surface area contributed by atoms with Crippen molar-refractivity contribution in [3.8, 4) is 0 Å². The van der Waals surface area contributed by atoms with Crippen molar-refractivity contribution >= 4 is 0 Å². The summed E-state index contributed by atoms with van der Waals surface area (Å²) in [6, 6.07) is 3.41. The molecule has 2 saturated heterocycles. The second kappa shape index (κ2) is 5.38. The van der Waals surface area contributed by atoms with E-state index in [1.165, 1.54) is 19.3 Å². The summed E-state index contributed by atoms with van der Waals surface area (Å²) in [6.07, 6.45) is 3.91. The second-order valence-corrected chi connectivity index (χ2v) is 5.38. The van der Waals surface area contributed by atoms with Crippen LogP contribution in [0.4, 0.5) is 0 Å². The Morgan fingerprint density at radius 2 is 2.33 bits per heavy atom. The first kappa shape index (κ1) is 12.1. The fraction of sp³-hybridized carbons (Fsp3) is 0.769. The summed E-state index contributed by atoms with van der Waals surface area (Å²) in [5, 5.41) is 7.79. The van der Waals surface area contributed by atoms with Gasteiger partial charge in [0.25, 0.3) is 0 Å². The number of hydrogen-bond acceptors (Lipinski definition) is 5. The average Bonchev–Trinajstić information content (AvgIpc) is 2.90. The van der Waals surface area contributed by atoms with E-state index < -0.39 is 0 Å². The number of fused-ring (bicyclic) bond motifs is 2. The summed E-state index contributed by atoms with van der Waals surface area (Å²) in [7, 11) is 1.67. The Hall–Kier alpha value is -0.910. The molecule has 1 aromatic rings. The van der Waals surface area contributed by atoms with Gasteiger partial charge in [-0.15, -0.1) is 0 Å². The van der Waals surface area contributed by atoms with Crippen molar-refractivity contribution in [3.63, 3.8) is 0 Å². The van der Waals surface area contributed by atoms with Crippen molar-refractivity contribution in [2.24, 2.45) is 0 Å². The normalized spacial score (nSPS) is 28.5. The third-order valence-corrected chi connectivity index (χ3v) is 3.89. The van der Waals surface area contributed by atoms with Gasteiger partial charge in [0.15, 0.2) is 5.76 Å². The third-order valence-electron chi connectivity index (χ3n) is 3.89. The first-order valence-corrected chi connectivity index (χ1v) is 6.75. The molecule has 3 heterocycles. The van der Waals surface area contributed by atoms with Gasteiger partial charge in [0.1, 0.15) is 6.61 Å². The first-order valence-electron chi connectivity index (χ1n) is 6.75. The van der Waals surface area contributed by atoms with E-state index in [1.54, 1.807) is 7.11 Å². The minimum Gasteiger partial charge on any atom is -0.377 e. The molecular formula is C13H21N3O2. The summed E-state index contributed by atoms with van der Waals surface area (Å²) < 4.78 is 10.3. The molecule has 2 unspecified atom stereocenters. The zero-order chi connectivity index (χ0) is 12.4. The maximum Gasteiger partial charge on any atom is 0.162 e. The van der Waals surface area contributed by atoms with E-state index in [9.17, 15) is 0 Å². The number of hydrogen-bond donors (Lipinski definition) is 1. The van der Waals surface area contributed by atoms with Crippen molar-refractivity contribution in [2.75, 3.05) is 20.2 Å². The Balaban J connectivity index is 1.58. The van der Waals surface area contributed by atoms with Crippen molar-refractivity contribution < 1.29 is 9.26 Å². The van der Waals surface area contributed by atoms with Crippen LogP contribution in [0.2, 0.25) is 0 Å². The van der Waals surface area contributed by atoms with Gasteiger partial charge in [0.05, 0.1) is 5.69 Å². The molecule has 0 aliphatic carbocycles. The highest BCUT2D eigenvalue weighted by Crippen LogP contribution is 2.21. The quantitative estimate of drug-likeness (QED) is 0.870. The van der Waals surface area contributed by atoms with Gasteiger partial charge < -0.3 is 14.6 Å². The van der Waals surface area contributed by atoms with E-state index in [-0.39, 0.29) is 0 Å². The third kappa shape index (κ3) is 2.74. The molecule has 5 heteroatoms. The Labute approximate surface area is 107 Å². The molecule has 2 atom stereocenters. The Morgan fingerprint density at radius 1 is 1.44 bits per heavy atom. The van der Waals surface area contributed by atoms with Gasteiger partial charge in [0.2, 0.25) is 0 Å². The maximum atomic E-state index is 5.22. The van der Waals surface area contributed by atoms with Crippen molar-refractivity contribution in [3.05, 3.63) is 17.5 Å². The van der Waals surface area contributed by atoms with Crippen LogP contribution in [0.3, 0.4) is 0 Å². The molecule has 0 radical (unpaired) electrons. The molecule has 2 bridgehead atoms. The zero-order valence-electron chi connectivity index (χ0n) is 10.9. The summed E-state index contributed by atoms with van der Waals surface area (Å²) in [4.78, 5) is 2.48. The standard InChI is InChI=1S/C13H21N3O2/c1-17-9-13-6-12(15-18-13)8-16-5-4-10-2-3-11(7-16)14-10/h6,10-11,14H,2-5,7-9H2,1H3. The minimum absolute atomic E-state index is 0.499. The predicted molar refractivity (Wildman–Crippen MR) is 67.1 cm³/mol. The van der Waals surface area contributed by atoms with E-state index in [0.717, 1.165) is 37.1 Å². The van der Waals surface area contributed by atoms with Crippen LogP contribution in [0.5, 0.6) is 0 Å². The van der Waals surface area contributed by atoms with Crippen LogP contribution in [-0.4, -0.2) is 42.3 Å². The van der Waals surface area contributed by atoms with Gasteiger partial charge in [-0.2, -0.15) is 0 Å².